The zero-order valence-corrected chi connectivity index (χ0v) is 15.4. The molecular weight excluding hydrogens is 368 g/mol. The fraction of sp³-hybridized carbons (Fsp3) is 0.500. The molecule has 1 N–H and O–H groups in total. The van der Waals surface area contributed by atoms with E-state index in [0.29, 0.717) is 0 Å². The Morgan fingerprint density at radius 3 is 2.62 bits per heavy atom. The van der Waals surface area contributed by atoms with Crippen molar-refractivity contribution >= 4 is 21.8 Å². The van der Waals surface area contributed by atoms with Gasteiger partial charge >= 0.3 is 0 Å². The highest BCUT2D eigenvalue weighted by Gasteiger charge is 2.34. The van der Waals surface area contributed by atoms with Crippen molar-refractivity contribution in [3.63, 3.8) is 0 Å². The van der Waals surface area contributed by atoms with E-state index in [4.69, 9.17) is 0 Å². The summed E-state index contributed by atoms with van der Waals surface area (Å²) in [4.78, 5) is 27.3. The summed E-state index contributed by atoms with van der Waals surface area (Å²) in [6.45, 7) is 0.592. The predicted molar refractivity (Wildman–Crippen MR) is 91.4 cm³/mol. The third kappa shape index (κ3) is 4.36. The molecule has 0 saturated carbocycles. The number of hydrogen-bond acceptors (Lipinski definition) is 4. The lowest BCUT2D eigenvalue weighted by Gasteiger charge is -2.40. The minimum Gasteiger partial charge on any atom is -0.335 e. The molecule has 0 bridgehead atoms. The highest BCUT2D eigenvalue weighted by atomic mass is 32.2. The molecular formula is C16H21F2N3O4S. The maximum atomic E-state index is 13.7. The van der Waals surface area contributed by atoms with Crippen molar-refractivity contribution in [1.82, 2.24) is 14.5 Å². The van der Waals surface area contributed by atoms with E-state index in [9.17, 15) is 26.8 Å². The zero-order chi connectivity index (χ0) is 19.5. The lowest BCUT2D eigenvalue weighted by Crippen LogP contribution is -2.58. The monoisotopic (exact) mass is 389 g/mol. The van der Waals surface area contributed by atoms with Crippen LogP contribution >= 0.6 is 0 Å². The molecule has 1 fully saturated rings. The van der Waals surface area contributed by atoms with Gasteiger partial charge in [0.05, 0.1) is 6.04 Å². The van der Waals surface area contributed by atoms with Crippen LogP contribution in [0.5, 0.6) is 0 Å². The van der Waals surface area contributed by atoms with Crippen LogP contribution in [0.2, 0.25) is 0 Å². The van der Waals surface area contributed by atoms with Gasteiger partial charge in [-0.05, 0) is 31.7 Å². The predicted octanol–water partition coefficient (Wildman–Crippen LogP) is 0.306. The van der Waals surface area contributed by atoms with Gasteiger partial charge in [0.1, 0.15) is 18.2 Å². The number of sulfonamides is 1. The van der Waals surface area contributed by atoms with E-state index in [1.807, 2.05) is 4.72 Å². The van der Waals surface area contributed by atoms with Gasteiger partial charge in [-0.15, -0.1) is 0 Å². The average molecular weight is 389 g/mol. The summed E-state index contributed by atoms with van der Waals surface area (Å²) in [6, 6.07) is 3.21. The number of hydrogen-bond donors (Lipinski definition) is 1. The van der Waals surface area contributed by atoms with Gasteiger partial charge in [0.2, 0.25) is 15.9 Å². The van der Waals surface area contributed by atoms with Crippen molar-refractivity contribution in [3.05, 3.63) is 35.1 Å². The number of carbonyl (C=O) groups excluding carboxylic acids is 2. The highest BCUT2D eigenvalue weighted by molar-refractivity contribution is 7.90. The molecule has 2 rings (SSSR count). The largest absolute Gasteiger partial charge is 0.335 e. The van der Waals surface area contributed by atoms with Crippen molar-refractivity contribution < 1.29 is 26.8 Å². The Bertz CT molecular complexity index is 801. The van der Waals surface area contributed by atoms with Crippen molar-refractivity contribution in [1.29, 1.82) is 0 Å². The summed E-state index contributed by atoms with van der Waals surface area (Å²) >= 11 is 0. The van der Waals surface area contributed by atoms with Gasteiger partial charge < -0.3 is 9.80 Å². The second-order valence-corrected chi connectivity index (χ2v) is 7.95. The van der Waals surface area contributed by atoms with Gasteiger partial charge in [-0.2, -0.15) is 0 Å². The number of carbonyl (C=O) groups is 2. The maximum absolute atomic E-state index is 13.7. The van der Waals surface area contributed by atoms with E-state index in [-0.39, 0.29) is 30.8 Å². The Hall–Kier alpha value is -2.07. The molecule has 0 aromatic heterocycles. The highest BCUT2D eigenvalue weighted by Crippen LogP contribution is 2.18. The molecule has 7 nitrogen and oxygen atoms in total. The molecule has 10 heteroatoms. The first-order chi connectivity index (χ1) is 12.2. The van der Waals surface area contributed by atoms with Crippen LogP contribution in [0, 0.1) is 12.7 Å². The Morgan fingerprint density at radius 2 is 2.00 bits per heavy atom. The SMILES string of the molecule is CNS(=O)(=O)CC(=O)N1CCN(C(=O)c2cccc(F)c2C)CC1CF. The number of halogens is 2. The number of benzene rings is 1. The second-order valence-electron chi connectivity index (χ2n) is 6.02. The van der Waals surface area contributed by atoms with Crippen LogP contribution in [-0.4, -0.2) is 75.2 Å². The van der Waals surface area contributed by atoms with Gasteiger partial charge in [0.25, 0.3) is 5.91 Å². The van der Waals surface area contributed by atoms with Gasteiger partial charge in [0, 0.05) is 25.2 Å². The molecule has 1 heterocycles. The number of piperazine rings is 1. The lowest BCUT2D eigenvalue weighted by molar-refractivity contribution is -0.133. The van der Waals surface area contributed by atoms with Crippen LogP contribution in [0.15, 0.2) is 18.2 Å². The van der Waals surface area contributed by atoms with Crippen LogP contribution in [0.25, 0.3) is 0 Å². The van der Waals surface area contributed by atoms with Gasteiger partial charge in [-0.1, -0.05) is 6.07 Å². The lowest BCUT2D eigenvalue weighted by atomic mass is 10.1. The third-order valence-corrected chi connectivity index (χ3v) is 5.64. The molecule has 0 radical (unpaired) electrons. The number of amides is 2. The van der Waals surface area contributed by atoms with E-state index >= 15 is 0 Å². The Kier molecular flexibility index (Phi) is 6.30. The first-order valence-corrected chi connectivity index (χ1v) is 9.66. The molecule has 1 aromatic rings. The first kappa shape index (κ1) is 20.2. The summed E-state index contributed by atoms with van der Waals surface area (Å²) in [5, 5.41) is 0. The molecule has 1 atom stereocenters. The van der Waals surface area contributed by atoms with E-state index < -0.39 is 46.1 Å². The number of nitrogens with one attached hydrogen (secondary N) is 1. The Morgan fingerprint density at radius 1 is 1.31 bits per heavy atom. The fourth-order valence-electron chi connectivity index (χ4n) is 2.83. The van der Waals surface area contributed by atoms with Crippen LogP contribution in [0.3, 0.4) is 0 Å². The fourth-order valence-corrected chi connectivity index (χ4v) is 3.46. The molecule has 0 spiro atoms. The minimum absolute atomic E-state index is 0.00670. The van der Waals surface area contributed by atoms with Gasteiger partial charge in [-0.3, -0.25) is 9.59 Å². The molecule has 144 valence electrons. The quantitative estimate of drug-likeness (QED) is 0.785. The van der Waals surface area contributed by atoms with E-state index in [2.05, 4.69) is 0 Å². The van der Waals surface area contributed by atoms with Crippen LogP contribution < -0.4 is 4.72 Å². The summed E-state index contributed by atoms with van der Waals surface area (Å²) in [5.74, 6) is -2.47. The van der Waals surface area contributed by atoms with E-state index in [1.54, 1.807) is 0 Å². The molecule has 1 aliphatic heterocycles. The summed E-state index contributed by atoms with van der Waals surface area (Å²) in [5.41, 5.74) is 0.382. The van der Waals surface area contributed by atoms with Crippen LogP contribution in [0.1, 0.15) is 15.9 Å². The Labute approximate surface area is 151 Å². The first-order valence-electron chi connectivity index (χ1n) is 8.01. The topological polar surface area (TPSA) is 86.8 Å². The standard InChI is InChI=1S/C16H21F2N3O4S/c1-11-13(4-3-5-14(11)18)16(23)20-6-7-21(12(8-17)9-20)15(22)10-26(24,25)19-2/h3-5,12,19H,6-10H2,1-2H3. The van der Waals surface area contributed by atoms with Crippen LogP contribution in [-0.2, 0) is 14.8 Å². The smallest absolute Gasteiger partial charge is 0.254 e. The molecule has 1 saturated heterocycles. The maximum Gasteiger partial charge on any atom is 0.254 e. The average Bonchev–Trinajstić information content (AvgIpc) is 2.62. The number of nitrogens with zero attached hydrogens (tertiary/aromatic N) is 2. The summed E-state index contributed by atoms with van der Waals surface area (Å²) in [7, 11) is -2.58. The molecule has 2 amide bonds. The number of alkyl halides is 1. The van der Waals surface area contributed by atoms with Crippen molar-refractivity contribution in [2.75, 3.05) is 39.1 Å². The second kappa shape index (κ2) is 8.09. The third-order valence-electron chi connectivity index (χ3n) is 4.39. The molecule has 1 aromatic carbocycles. The van der Waals surface area contributed by atoms with Crippen molar-refractivity contribution in [3.8, 4) is 0 Å². The Balaban J connectivity index is 2.13. The summed E-state index contributed by atoms with van der Waals surface area (Å²) in [6.07, 6.45) is 0. The molecule has 26 heavy (non-hydrogen) atoms. The molecule has 1 unspecified atom stereocenters. The van der Waals surface area contributed by atoms with E-state index in [0.717, 1.165) is 4.90 Å². The summed E-state index contributed by atoms with van der Waals surface area (Å²) < 4.78 is 52.2. The zero-order valence-electron chi connectivity index (χ0n) is 14.5. The molecule has 0 aliphatic carbocycles. The van der Waals surface area contributed by atoms with Gasteiger partial charge in [-0.25, -0.2) is 21.9 Å². The van der Waals surface area contributed by atoms with Crippen molar-refractivity contribution in [2.45, 2.75) is 13.0 Å². The molecule has 1 aliphatic rings. The van der Waals surface area contributed by atoms with E-state index in [1.165, 1.54) is 37.1 Å². The van der Waals surface area contributed by atoms with Crippen LogP contribution in [0.4, 0.5) is 8.78 Å². The normalized spacial score (nSPS) is 18.1. The number of rotatable bonds is 5. The minimum atomic E-state index is -3.77. The van der Waals surface area contributed by atoms with Crippen molar-refractivity contribution in [2.24, 2.45) is 0 Å². The van der Waals surface area contributed by atoms with Gasteiger partial charge in [0.15, 0.2) is 0 Å².